The Morgan fingerprint density at radius 3 is 2.59 bits per heavy atom. The van der Waals surface area contributed by atoms with E-state index in [0.29, 0.717) is 27.2 Å². The highest BCUT2D eigenvalue weighted by Crippen LogP contribution is 2.29. The van der Waals surface area contributed by atoms with Crippen molar-refractivity contribution in [2.45, 2.75) is 39.0 Å². The van der Waals surface area contributed by atoms with Crippen LogP contribution in [-0.4, -0.2) is 41.1 Å². The summed E-state index contributed by atoms with van der Waals surface area (Å²) in [4.78, 5) is 20.4. The largest absolute Gasteiger partial charge is 0.373 e. The number of amides is 1. The van der Waals surface area contributed by atoms with E-state index in [1.54, 1.807) is 12.3 Å². The van der Waals surface area contributed by atoms with Crippen molar-refractivity contribution < 1.29 is 9.53 Å². The first-order chi connectivity index (χ1) is 15.4. The number of aromatic nitrogens is 1. The van der Waals surface area contributed by atoms with Crippen LogP contribution in [0, 0.1) is 0 Å². The molecule has 5 nitrogen and oxygen atoms in total. The lowest BCUT2D eigenvalue weighted by molar-refractivity contribution is -0.0704. The summed E-state index contributed by atoms with van der Waals surface area (Å²) in [5.41, 5.74) is 2.71. The lowest BCUT2D eigenvalue weighted by Gasteiger charge is -2.35. The van der Waals surface area contributed by atoms with Crippen molar-refractivity contribution in [3.05, 3.63) is 80.3 Å². The average molecular weight is 490 g/mol. The highest BCUT2D eigenvalue weighted by molar-refractivity contribution is 7.15. The second-order valence-corrected chi connectivity index (χ2v) is 10.0. The Balaban J connectivity index is 1.34. The molecule has 0 bridgehead atoms. The number of ether oxygens (including phenoxy) is 1. The van der Waals surface area contributed by atoms with Gasteiger partial charge in [0.25, 0.3) is 5.91 Å². The van der Waals surface area contributed by atoms with E-state index in [2.05, 4.69) is 29.0 Å². The first-order valence-corrected chi connectivity index (χ1v) is 12.1. The fourth-order valence-corrected chi connectivity index (χ4v) is 5.14. The smallest absolute Gasteiger partial charge is 0.257 e. The van der Waals surface area contributed by atoms with Crippen molar-refractivity contribution in [3.8, 4) is 0 Å². The van der Waals surface area contributed by atoms with Gasteiger partial charge in [-0.25, -0.2) is 4.98 Å². The Labute approximate surface area is 202 Å². The summed E-state index contributed by atoms with van der Waals surface area (Å²) in [6, 6.07) is 13.3. The molecule has 32 heavy (non-hydrogen) atoms. The van der Waals surface area contributed by atoms with E-state index in [4.69, 9.17) is 27.9 Å². The normalized spacial score (nSPS) is 19.1. The van der Waals surface area contributed by atoms with Crippen molar-refractivity contribution in [1.82, 2.24) is 9.88 Å². The Morgan fingerprint density at radius 2 is 1.88 bits per heavy atom. The monoisotopic (exact) mass is 489 g/mol. The van der Waals surface area contributed by atoms with Crippen LogP contribution in [0.2, 0.25) is 10.0 Å². The van der Waals surface area contributed by atoms with E-state index >= 15 is 0 Å². The maximum atomic E-state index is 12.7. The topological polar surface area (TPSA) is 54.5 Å². The minimum atomic E-state index is -0.174. The van der Waals surface area contributed by atoms with E-state index < -0.39 is 0 Å². The van der Waals surface area contributed by atoms with E-state index in [1.807, 2.05) is 36.4 Å². The number of carbonyl (C=O) groups excluding carboxylic acids is 1. The van der Waals surface area contributed by atoms with Gasteiger partial charge in [0.05, 0.1) is 22.3 Å². The molecule has 3 aromatic rings. The molecular weight excluding hydrogens is 465 g/mol. The fraction of sp³-hybridized carbons (Fsp3) is 0.333. The summed E-state index contributed by atoms with van der Waals surface area (Å²) in [6.07, 6.45) is 2.84. The van der Waals surface area contributed by atoms with Crippen molar-refractivity contribution in [2.24, 2.45) is 0 Å². The molecule has 0 aliphatic carbocycles. The lowest BCUT2D eigenvalue weighted by atomic mass is 10.1. The SMILES string of the molecule is CC1CN(Cc2ccc(C(=O)Nc3ncc(Cc4cccc(Cl)c4Cl)s3)cc2)CC(C)O1. The molecule has 4 rings (SSSR count). The van der Waals surface area contributed by atoms with Gasteiger partial charge in [0.15, 0.2) is 5.13 Å². The number of hydrogen-bond donors (Lipinski definition) is 1. The molecule has 2 heterocycles. The quantitative estimate of drug-likeness (QED) is 0.467. The Kier molecular flexibility index (Phi) is 7.48. The molecule has 0 radical (unpaired) electrons. The van der Waals surface area contributed by atoms with Gasteiger partial charge in [-0.1, -0.05) is 47.5 Å². The second kappa shape index (κ2) is 10.3. The predicted molar refractivity (Wildman–Crippen MR) is 131 cm³/mol. The highest BCUT2D eigenvalue weighted by Gasteiger charge is 2.22. The van der Waals surface area contributed by atoms with Crippen LogP contribution in [0.15, 0.2) is 48.7 Å². The van der Waals surface area contributed by atoms with Gasteiger partial charge in [0, 0.05) is 42.7 Å². The number of thiazole rings is 1. The van der Waals surface area contributed by atoms with Crippen LogP contribution < -0.4 is 5.32 Å². The summed E-state index contributed by atoms with van der Waals surface area (Å²) < 4.78 is 5.80. The number of nitrogens with one attached hydrogen (secondary N) is 1. The zero-order chi connectivity index (χ0) is 22.7. The number of nitrogens with zero attached hydrogens (tertiary/aromatic N) is 2. The third-order valence-corrected chi connectivity index (χ3v) is 7.06. The number of halogens is 2. The maximum absolute atomic E-state index is 12.7. The van der Waals surface area contributed by atoms with Crippen molar-refractivity contribution in [3.63, 3.8) is 0 Å². The van der Waals surface area contributed by atoms with E-state index in [0.717, 1.165) is 30.1 Å². The summed E-state index contributed by atoms with van der Waals surface area (Å²) in [6.45, 7) is 6.88. The van der Waals surface area contributed by atoms with E-state index in [1.165, 1.54) is 16.9 Å². The highest BCUT2D eigenvalue weighted by atomic mass is 35.5. The third kappa shape index (κ3) is 5.88. The molecule has 1 aliphatic heterocycles. The number of morpholine rings is 1. The van der Waals surface area contributed by atoms with Crippen molar-refractivity contribution >= 4 is 45.6 Å². The Hall–Kier alpha value is -1.96. The predicted octanol–water partition coefficient (Wildman–Crippen LogP) is 5.90. The van der Waals surface area contributed by atoms with Crippen LogP contribution in [0.5, 0.6) is 0 Å². The van der Waals surface area contributed by atoms with Gasteiger partial charge in [-0.3, -0.25) is 15.0 Å². The Bertz CT molecular complexity index is 1080. The summed E-state index contributed by atoms with van der Waals surface area (Å²) in [5, 5.41) is 4.53. The number of carbonyl (C=O) groups is 1. The van der Waals surface area contributed by atoms with Gasteiger partial charge >= 0.3 is 0 Å². The number of rotatable bonds is 6. The zero-order valence-electron chi connectivity index (χ0n) is 18.0. The Morgan fingerprint density at radius 1 is 1.16 bits per heavy atom. The van der Waals surface area contributed by atoms with Crippen LogP contribution in [0.4, 0.5) is 5.13 Å². The molecule has 2 atom stereocenters. The number of anilines is 1. The van der Waals surface area contributed by atoms with Gasteiger partial charge in [-0.15, -0.1) is 11.3 Å². The van der Waals surface area contributed by atoms with Crippen LogP contribution in [0.25, 0.3) is 0 Å². The van der Waals surface area contributed by atoms with Crippen LogP contribution in [0.1, 0.15) is 40.2 Å². The number of hydrogen-bond acceptors (Lipinski definition) is 5. The molecule has 2 aromatic carbocycles. The van der Waals surface area contributed by atoms with Gasteiger partial charge in [-0.2, -0.15) is 0 Å². The molecule has 1 saturated heterocycles. The molecule has 8 heteroatoms. The first-order valence-electron chi connectivity index (χ1n) is 10.5. The van der Waals surface area contributed by atoms with Crippen molar-refractivity contribution in [2.75, 3.05) is 18.4 Å². The molecule has 2 unspecified atom stereocenters. The minimum Gasteiger partial charge on any atom is -0.373 e. The molecule has 1 fully saturated rings. The van der Waals surface area contributed by atoms with Crippen LogP contribution >= 0.6 is 34.5 Å². The third-order valence-electron chi connectivity index (χ3n) is 5.29. The van der Waals surface area contributed by atoms with Gasteiger partial charge < -0.3 is 4.74 Å². The van der Waals surface area contributed by atoms with E-state index in [-0.39, 0.29) is 18.1 Å². The molecular formula is C24H25Cl2N3O2S. The van der Waals surface area contributed by atoms with Gasteiger partial charge in [-0.05, 0) is 43.2 Å². The summed E-state index contributed by atoms with van der Waals surface area (Å²) in [5.74, 6) is -0.174. The molecule has 1 aliphatic rings. The van der Waals surface area contributed by atoms with Crippen LogP contribution in [-0.2, 0) is 17.7 Å². The maximum Gasteiger partial charge on any atom is 0.257 e. The molecule has 1 amide bonds. The van der Waals surface area contributed by atoms with E-state index in [9.17, 15) is 4.79 Å². The first kappa shape index (κ1) is 23.2. The van der Waals surface area contributed by atoms with Crippen molar-refractivity contribution in [1.29, 1.82) is 0 Å². The number of benzene rings is 2. The van der Waals surface area contributed by atoms with Gasteiger partial charge in [0.2, 0.25) is 0 Å². The fourth-order valence-electron chi connectivity index (χ4n) is 3.92. The minimum absolute atomic E-state index is 0.174. The zero-order valence-corrected chi connectivity index (χ0v) is 20.3. The standard InChI is InChI=1S/C24H25Cl2N3O2S/c1-15-12-29(13-16(2)31-15)14-17-6-8-18(9-7-17)23(30)28-24-27-11-20(32-24)10-19-4-3-5-21(25)22(19)26/h3-9,11,15-16H,10,12-14H2,1-2H3,(H,27,28,30). The second-order valence-electron chi connectivity index (χ2n) is 8.12. The molecule has 0 spiro atoms. The summed E-state index contributed by atoms with van der Waals surface area (Å²) >= 11 is 13.8. The van der Waals surface area contributed by atoms with Crippen LogP contribution in [0.3, 0.4) is 0 Å². The molecule has 1 aromatic heterocycles. The molecule has 0 saturated carbocycles. The lowest BCUT2D eigenvalue weighted by Crippen LogP contribution is -2.44. The molecule has 168 valence electrons. The summed E-state index contributed by atoms with van der Waals surface area (Å²) in [7, 11) is 0. The molecule has 1 N–H and O–H groups in total. The van der Waals surface area contributed by atoms with Gasteiger partial charge in [0.1, 0.15) is 0 Å². The average Bonchev–Trinajstić information content (AvgIpc) is 3.18.